The summed E-state index contributed by atoms with van der Waals surface area (Å²) in [6, 6.07) is 12.2. The number of hydrogen-bond acceptors (Lipinski definition) is 3. The molecule has 0 amide bonds. The van der Waals surface area contributed by atoms with Crippen molar-refractivity contribution in [2.75, 3.05) is 6.54 Å². The minimum Gasteiger partial charge on any atom is -0.357 e. The maximum atomic E-state index is 4.63. The van der Waals surface area contributed by atoms with Crippen LogP contribution in [-0.2, 0) is 13.1 Å². The fourth-order valence-corrected chi connectivity index (χ4v) is 2.92. The number of nitrogens with one attached hydrogen (secondary N) is 2. The molecule has 0 aliphatic rings. The summed E-state index contributed by atoms with van der Waals surface area (Å²) in [5.74, 6) is 0.816. The monoisotopic (exact) mass is 467 g/mol. The lowest BCUT2D eigenvalue weighted by Crippen LogP contribution is -2.36. The van der Waals surface area contributed by atoms with Crippen LogP contribution >= 0.6 is 35.3 Å². The van der Waals surface area contributed by atoms with Crippen LogP contribution < -0.4 is 10.6 Å². The number of benzene rings is 1. The molecular weight excluding hydrogens is 445 g/mol. The average Bonchev–Trinajstić information content (AvgIpc) is 3.30. The van der Waals surface area contributed by atoms with Crippen molar-refractivity contribution in [1.82, 2.24) is 20.4 Å². The summed E-state index contributed by atoms with van der Waals surface area (Å²) >= 11 is 1.70. The molecule has 0 bridgehead atoms. The van der Waals surface area contributed by atoms with Gasteiger partial charge in [-0.15, -0.1) is 24.0 Å². The largest absolute Gasteiger partial charge is 0.357 e. The van der Waals surface area contributed by atoms with Crippen molar-refractivity contribution in [3.8, 4) is 5.69 Å². The third-order valence-electron chi connectivity index (χ3n) is 3.46. The van der Waals surface area contributed by atoms with Gasteiger partial charge in [-0.1, -0.05) is 18.2 Å². The zero-order valence-electron chi connectivity index (χ0n) is 14.1. The molecule has 0 fully saturated rings. The van der Waals surface area contributed by atoms with E-state index in [0.717, 1.165) is 30.3 Å². The molecule has 0 saturated heterocycles. The summed E-state index contributed by atoms with van der Waals surface area (Å²) < 4.78 is 1.87. The molecule has 2 N–H and O–H groups in total. The van der Waals surface area contributed by atoms with E-state index in [1.807, 2.05) is 47.4 Å². The Balaban J connectivity index is 0.00000225. The molecule has 2 heterocycles. The lowest BCUT2D eigenvalue weighted by Gasteiger charge is -2.10. The van der Waals surface area contributed by atoms with Crippen LogP contribution in [0.15, 0.2) is 64.5 Å². The smallest absolute Gasteiger partial charge is 0.191 e. The van der Waals surface area contributed by atoms with Crippen molar-refractivity contribution < 1.29 is 0 Å². The second kappa shape index (κ2) is 10.2. The van der Waals surface area contributed by atoms with Crippen molar-refractivity contribution in [2.24, 2.45) is 4.99 Å². The summed E-state index contributed by atoms with van der Waals surface area (Å²) in [7, 11) is 0. The SMILES string of the molecule is CCNC(=NCc1cnn(-c2ccccc2)c1)NCc1ccsc1.I. The van der Waals surface area contributed by atoms with E-state index in [0.29, 0.717) is 6.54 Å². The fourth-order valence-electron chi connectivity index (χ4n) is 2.25. The van der Waals surface area contributed by atoms with Crippen molar-refractivity contribution in [1.29, 1.82) is 0 Å². The Morgan fingerprint density at radius 2 is 2.00 bits per heavy atom. The molecule has 132 valence electrons. The first-order valence-electron chi connectivity index (χ1n) is 7.97. The third kappa shape index (κ3) is 5.86. The number of aromatic nitrogens is 2. The standard InChI is InChI=1S/C18H21N5S.HI/c1-2-19-18(20-10-15-8-9-24-14-15)21-11-16-12-22-23(13-16)17-6-4-3-5-7-17;/h3-9,12-14H,2,10-11H2,1H3,(H2,19,20,21);1H. The van der Waals surface area contributed by atoms with Gasteiger partial charge in [0, 0.05) is 24.8 Å². The number of aliphatic imine (C=N–C) groups is 1. The van der Waals surface area contributed by atoms with Crippen molar-refractivity contribution in [3.05, 3.63) is 70.7 Å². The van der Waals surface area contributed by atoms with Crippen molar-refractivity contribution >= 4 is 41.3 Å². The van der Waals surface area contributed by atoms with Crippen molar-refractivity contribution in [3.63, 3.8) is 0 Å². The van der Waals surface area contributed by atoms with Gasteiger partial charge in [0.1, 0.15) is 0 Å². The summed E-state index contributed by atoms with van der Waals surface area (Å²) in [6.45, 7) is 4.26. The number of guanidine groups is 1. The molecule has 0 unspecified atom stereocenters. The predicted molar refractivity (Wildman–Crippen MR) is 115 cm³/mol. The van der Waals surface area contributed by atoms with Crippen LogP contribution in [0.3, 0.4) is 0 Å². The molecule has 0 spiro atoms. The molecular formula is C18H22IN5S. The van der Waals surface area contributed by atoms with Gasteiger partial charge in [-0.25, -0.2) is 9.67 Å². The van der Waals surface area contributed by atoms with E-state index in [1.54, 1.807) is 11.3 Å². The van der Waals surface area contributed by atoms with Crippen LogP contribution in [0.25, 0.3) is 5.69 Å². The summed E-state index contributed by atoms with van der Waals surface area (Å²) in [6.07, 6.45) is 3.88. The maximum Gasteiger partial charge on any atom is 0.191 e. The highest BCUT2D eigenvalue weighted by Crippen LogP contribution is 2.08. The van der Waals surface area contributed by atoms with Gasteiger partial charge in [0.15, 0.2) is 5.96 Å². The van der Waals surface area contributed by atoms with E-state index >= 15 is 0 Å². The van der Waals surface area contributed by atoms with Crippen LogP contribution in [0, 0.1) is 0 Å². The van der Waals surface area contributed by atoms with Crippen molar-refractivity contribution in [2.45, 2.75) is 20.0 Å². The molecule has 2 aromatic heterocycles. The van der Waals surface area contributed by atoms with Gasteiger partial charge in [-0.3, -0.25) is 0 Å². The highest BCUT2D eigenvalue weighted by Gasteiger charge is 2.02. The van der Waals surface area contributed by atoms with Gasteiger partial charge < -0.3 is 10.6 Å². The highest BCUT2D eigenvalue weighted by molar-refractivity contribution is 14.0. The zero-order chi connectivity index (χ0) is 16.6. The molecule has 3 rings (SSSR count). The second-order valence-corrected chi connectivity index (χ2v) is 6.09. The van der Waals surface area contributed by atoms with E-state index in [9.17, 15) is 0 Å². The first kappa shape index (κ1) is 19.5. The minimum absolute atomic E-state index is 0. The van der Waals surface area contributed by atoms with Crippen LogP contribution in [0.1, 0.15) is 18.1 Å². The molecule has 0 atom stereocenters. The topological polar surface area (TPSA) is 54.2 Å². The normalized spacial score (nSPS) is 11.0. The van der Waals surface area contributed by atoms with E-state index in [1.165, 1.54) is 5.56 Å². The van der Waals surface area contributed by atoms with Crippen LogP contribution in [0.2, 0.25) is 0 Å². The van der Waals surface area contributed by atoms with E-state index in [-0.39, 0.29) is 24.0 Å². The Bertz CT molecular complexity index is 768. The number of thiophene rings is 1. The molecule has 0 aliphatic carbocycles. The molecule has 1 aromatic carbocycles. The molecule has 0 aliphatic heterocycles. The fraction of sp³-hybridized carbons (Fsp3) is 0.222. The Morgan fingerprint density at radius 3 is 2.72 bits per heavy atom. The number of para-hydroxylation sites is 1. The average molecular weight is 467 g/mol. The molecule has 0 radical (unpaired) electrons. The Hall–Kier alpha value is -1.87. The molecule has 7 heteroatoms. The molecule has 25 heavy (non-hydrogen) atoms. The second-order valence-electron chi connectivity index (χ2n) is 5.31. The molecule has 0 saturated carbocycles. The number of rotatable bonds is 6. The van der Waals surface area contributed by atoms with Gasteiger partial charge in [-0.2, -0.15) is 16.4 Å². The van der Waals surface area contributed by atoms with E-state index < -0.39 is 0 Å². The Morgan fingerprint density at radius 1 is 1.16 bits per heavy atom. The summed E-state index contributed by atoms with van der Waals surface area (Å²) in [5, 5.41) is 15.2. The van der Waals surface area contributed by atoms with Gasteiger partial charge in [0.05, 0.1) is 18.4 Å². The minimum atomic E-state index is 0. The first-order valence-corrected chi connectivity index (χ1v) is 8.91. The maximum absolute atomic E-state index is 4.63. The van der Waals surface area contributed by atoms with E-state index in [4.69, 9.17) is 0 Å². The van der Waals surface area contributed by atoms with Gasteiger partial charge in [0.2, 0.25) is 0 Å². The highest BCUT2D eigenvalue weighted by atomic mass is 127. The van der Waals surface area contributed by atoms with Gasteiger partial charge >= 0.3 is 0 Å². The molecule has 3 aromatic rings. The van der Waals surface area contributed by atoms with Gasteiger partial charge in [-0.05, 0) is 41.4 Å². The summed E-state index contributed by atoms with van der Waals surface area (Å²) in [4.78, 5) is 4.63. The quantitative estimate of drug-likeness (QED) is 0.330. The lowest BCUT2D eigenvalue weighted by molar-refractivity contribution is 0.817. The lowest BCUT2D eigenvalue weighted by atomic mass is 10.3. The Labute approximate surface area is 169 Å². The third-order valence-corrected chi connectivity index (χ3v) is 4.19. The van der Waals surface area contributed by atoms with Crippen LogP contribution in [-0.4, -0.2) is 22.3 Å². The van der Waals surface area contributed by atoms with E-state index in [2.05, 4.69) is 44.5 Å². The number of hydrogen-bond donors (Lipinski definition) is 2. The zero-order valence-corrected chi connectivity index (χ0v) is 17.2. The Kier molecular flexibility index (Phi) is 7.93. The van der Waals surface area contributed by atoms with Crippen LogP contribution in [0.5, 0.6) is 0 Å². The first-order chi connectivity index (χ1) is 11.8. The number of halogens is 1. The van der Waals surface area contributed by atoms with Crippen LogP contribution in [0.4, 0.5) is 0 Å². The predicted octanol–water partition coefficient (Wildman–Crippen LogP) is 3.81. The molecule has 5 nitrogen and oxygen atoms in total. The number of nitrogens with zero attached hydrogens (tertiary/aromatic N) is 3. The summed E-state index contributed by atoms with van der Waals surface area (Å²) in [5.41, 5.74) is 3.39. The van der Waals surface area contributed by atoms with Gasteiger partial charge in [0.25, 0.3) is 0 Å².